The van der Waals surface area contributed by atoms with Crippen LogP contribution < -0.4 is 10.6 Å². The van der Waals surface area contributed by atoms with Crippen LogP contribution in [-0.4, -0.2) is 42.9 Å². The van der Waals surface area contributed by atoms with Crippen molar-refractivity contribution >= 4 is 11.8 Å². The average molecular weight is 303 g/mol. The summed E-state index contributed by atoms with van der Waals surface area (Å²) in [4.78, 5) is 25.9. The first-order valence-corrected chi connectivity index (χ1v) is 7.88. The second kappa shape index (κ2) is 7.94. The summed E-state index contributed by atoms with van der Waals surface area (Å²) >= 11 is 0. The second-order valence-electron chi connectivity index (χ2n) is 5.85. The maximum atomic E-state index is 12.5. The molecule has 1 aliphatic heterocycles. The van der Waals surface area contributed by atoms with E-state index in [-0.39, 0.29) is 17.9 Å². The lowest BCUT2D eigenvalue weighted by molar-refractivity contribution is -0.131. The van der Waals surface area contributed by atoms with Gasteiger partial charge in [-0.05, 0) is 25.5 Å². The molecule has 1 aliphatic rings. The molecule has 0 bridgehead atoms. The van der Waals surface area contributed by atoms with Gasteiger partial charge in [-0.2, -0.15) is 0 Å². The zero-order valence-corrected chi connectivity index (χ0v) is 13.4. The summed E-state index contributed by atoms with van der Waals surface area (Å²) < 4.78 is 0. The van der Waals surface area contributed by atoms with Crippen molar-refractivity contribution < 1.29 is 9.59 Å². The summed E-state index contributed by atoms with van der Waals surface area (Å²) in [7, 11) is 0. The van der Waals surface area contributed by atoms with Crippen LogP contribution in [0.1, 0.15) is 36.9 Å². The molecule has 22 heavy (non-hydrogen) atoms. The quantitative estimate of drug-likeness (QED) is 0.883. The first-order valence-electron chi connectivity index (χ1n) is 7.88. The van der Waals surface area contributed by atoms with E-state index in [0.29, 0.717) is 6.42 Å². The molecule has 2 rings (SSSR count). The molecule has 1 aromatic carbocycles. The van der Waals surface area contributed by atoms with E-state index in [4.69, 9.17) is 0 Å². The molecule has 1 fully saturated rings. The third-order valence-corrected chi connectivity index (χ3v) is 3.93. The molecular weight excluding hydrogens is 278 g/mol. The Labute approximate surface area is 132 Å². The molecule has 5 heteroatoms. The van der Waals surface area contributed by atoms with Crippen LogP contribution in [0.3, 0.4) is 0 Å². The van der Waals surface area contributed by atoms with Crippen molar-refractivity contribution in [3.05, 3.63) is 35.4 Å². The highest BCUT2D eigenvalue weighted by molar-refractivity contribution is 5.79. The Balaban J connectivity index is 2.06. The SMILES string of the molecule is CC(=O)NC(CC(=O)N1CCCNCC1)c1ccc(C)cc1. The van der Waals surface area contributed by atoms with E-state index < -0.39 is 0 Å². The summed E-state index contributed by atoms with van der Waals surface area (Å²) in [5.74, 6) is -0.0149. The molecule has 0 aromatic heterocycles. The van der Waals surface area contributed by atoms with Gasteiger partial charge in [-0.3, -0.25) is 9.59 Å². The van der Waals surface area contributed by atoms with Gasteiger partial charge < -0.3 is 15.5 Å². The molecule has 2 amide bonds. The van der Waals surface area contributed by atoms with Gasteiger partial charge in [-0.1, -0.05) is 29.8 Å². The second-order valence-corrected chi connectivity index (χ2v) is 5.85. The number of hydrogen-bond donors (Lipinski definition) is 2. The molecule has 0 saturated carbocycles. The van der Waals surface area contributed by atoms with Crippen LogP contribution in [0.25, 0.3) is 0 Å². The topological polar surface area (TPSA) is 61.4 Å². The zero-order chi connectivity index (χ0) is 15.9. The number of carbonyl (C=O) groups is 2. The molecule has 0 aliphatic carbocycles. The highest BCUT2D eigenvalue weighted by Gasteiger charge is 2.21. The Morgan fingerprint density at radius 1 is 1.23 bits per heavy atom. The van der Waals surface area contributed by atoms with Crippen molar-refractivity contribution in [2.45, 2.75) is 32.7 Å². The van der Waals surface area contributed by atoms with Gasteiger partial charge in [0.2, 0.25) is 11.8 Å². The Hall–Kier alpha value is -1.88. The first-order chi connectivity index (χ1) is 10.6. The predicted molar refractivity (Wildman–Crippen MR) is 86.4 cm³/mol. The van der Waals surface area contributed by atoms with Gasteiger partial charge >= 0.3 is 0 Å². The minimum absolute atomic E-state index is 0.100. The molecule has 2 N–H and O–H groups in total. The molecule has 5 nitrogen and oxygen atoms in total. The van der Waals surface area contributed by atoms with E-state index in [1.807, 2.05) is 36.1 Å². The van der Waals surface area contributed by atoms with Crippen LogP contribution in [0.5, 0.6) is 0 Å². The lowest BCUT2D eigenvalue weighted by Crippen LogP contribution is -2.37. The minimum atomic E-state index is -0.262. The molecule has 1 aromatic rings. The number of rotatable bonds is 4. The molecule has 1 saturated heterocycles. The van der Waals surface area contributed by atoms with Gasteiger partial charge in [-0.25, -0.2) is 0 Å². The van der Waals surface area contributed by atoms with Gasteiger partial charge in [0.05, 0.1) is 12.5 Å². The fourth-order valence-electron chi connectivity index (χ4n) is 2.70. The van der Waals surface area contributed by atoms with Gasteiger partial charge in [0.1, 0.15) is 0 Å². The summed E-state index contributed by atoms with van der Waals surface area (Å²) in [6.07, 6.45) is 1.28. The van der Waals surface area contributed by atoms with Crippen molar-refractivity contribution in [2.24, 2.45) is 0 Å². The number of hydrogen-bond acceptors (Lipinski definition) is 3. The molecule has 120 valence electrons. The molecule has 0 radical (unpaired) electrons. The van der Waals surface area contributed by atoms with Crippen LogP contribution in [0.2, 0.25) is 0 Å². The normalized spacial score (nSPS) is 16.7. The molecule has 1 heterocycles. The Kier molecular flexibility index (Phi) is 5.95. The fourth-order valence-corrected chi connectivity index (χ4v) is 2.70. The van der Waals surface area contributed by atoms with E-state index in [9.17, 15) is 9.59 Å². The maximum absolute atomic E-state index is 12.5. The van der Waals surface area contributed by atoms with Crippen LogP contribution in [0.15, 0.2) is 24.3 Å². The fraction of sp³-hybridized carbons (Fsp3) is 0.529. The third kappa shape index (κ3) is 4.84. The van der Waals surface area contributed by atoms with Crippen LogP contribution in [0, 0.1) is 6.92 Å². The molecule has 1 atom stereocenters. The number of amides is 2. The maximum Gasteiger partial charge on any atom is 0.225 e. The monoisotopic (exact) mass is 303 g/mol. The van der Waals surface area contributed by atoms with Crippen LogP contribution >= 0.6 is 0 Å². The van der Waals surface area contributed by atoms with Gasteiger partial charge in [-0.15, -0.1) is 0 Å². The minimum Gasteiger partial charge on any atom is -0.349 e. The summed E-state index contributed by atoms with van der Waals surface area (Å²) in [6.45, 7) is 6.82. The number of nitrogens with one attached hydrogen (secondary N) is 2. The van der Waals surface area contributed by atoms with Crippen molar-refractivity contribution in [1.29, 1.82) is 0 Å². The number of aryl methyl sites for hydroxylation is 1. The smallest absolute Gasteiger partial charge is 0.225 e. The molecule has 1 unspecified atom stereocenters. The van der Waals surface area contributed by atoms with Gasteiger partial charge in [0.15, 0.2) is 0 Å². The van der Waals surface area contributed by atoms with E-state index in [1.54, 1.807) is 0 Å². The standard InChI is InChI=1S/C17H25N3O2/c1-13-4-6-15(7-5-13)16(19-14(2)21)12-17(22)20-10-3-8-18-9-11-20/h4-7,16,18H,3,8-12H2,1-2H3,(H,19,21). The van der Waals surface area contributed by atoms with E-state index >= 15 is 0 Å². The van der Waals surface area contributed by atoms with Crippen molar-refractivity contribution in [3.8, 4) is 0 Å². The van der Waals surface area contributed by atoms with Gasteiger partial charge in [0, 0.05) is 26.6 Å². The summed E-state index contributed by atoms with van der Waals surface area (Å²) in [5, 5.41) is 6.19. The van der Waals surface area contributed by atoms with E-state index in [1.165, 1.54) is 6.92 Å². The summed E-state index contributed by atoms with van der Waals surface area (Å²) in [6, 6.07) is 7.71. The number of carbonyl (C=O) groups excluding carboxylic acids is 2. The summed E-state index contributed by atoms with van der Waals surface area (Å²) in [5.41, 5.74) is 2.14. The van der Waals surface area contributed by atoms with Gasteiger partial charge in [0.25, 0.3) is 0 Å². The number of benzene rings is 1. The Morgan fingerprint density at radius 3 is 2.64 bits per heavy atom. The average Bonchev–Trinajstić information content (AvgIpc) is 2.76. The van der Waals surface area contributed by atoms with Crippen molar-refractivity contribution in [2.75, 3.05) is 26.2 Å². The zero-order valence-electron chi connectivity index (χ0n) is 13.4. The lowest BCUT2D eigenvalue weighted by atomic mass is 10.0. The molecule has 0 spiro atoms. The lowest BCUT2D eigenvalue weighted by Gasteiger charge is -2.24. The van der Waals surface area contributed by atoms with Crippen molar-refractivity contribution in [1.82, 2.24) is 15.5 Å². The Morgan fingerprint density at radius 2 is 1.95 bits per heavy atom. The highest BCUT2D eigenvalue weighted by Crippen LogP contribution is 2.19. The number of nitrogens with zero attached hydrogens (tertiary/aromatic N) is 1. The third-order valence-electron chi connectivity index (χ3n) is 3.93. The van der Waals surface area contributed by atoms with Crippen LogP contribution in [0.4, 0.5) is 0 Å². The van der Waals surface area contributed by atoms with Crippen LogP contribution in [-0.2, 0) is 9.59 Å². The highest BCUT2D eigenvalue weighted by atomic mass is 16.2. The van der Waals surface area contributed by atoms with E-state index in [0.717, 1.165) is 43.7 Å². The molecular formula is C17H25N3O2. The largest absolute Gasteiger partial charge is 0.349 e. The predicted octanol–water partition coefficient (Wildman–Crippen LogP) is 1.38. The first kappa shape index (κ1) is 16.5. The van der Waals surface area contributed by atoms with E-state index in [2.05, 4.69) is 10.6 Å². The van der Waals surface area contributed by atoms with Crippen molar-refractivity contribution in [3.63, 3.8) is 0 Å². The Bertz CT molecular complexity index is 505.